The van der Waals surface area contributed by atoms with Gasteiger partial charge in [-0.1, -0.05) is 140 Å². The second-order valence-corrected chi connectivity index (χ2v) is 15.1. The minimum Gasteiger partial charge on any atom is -0.456 e. The Bertz CT molecular complexity index is 3240. The van der Waals surface area contributed by atoms with Gasteiger partial charge in [0.05, 0.1) is 0 Å². The second-order valence-electron chi connectivity index (χ2n) is 14.0. The van der Waals surface area contributed by atoms with E-state index in [1.165, 1.54) is 25.7 Å². The lowest BCUT2D eigenvalue weighted by Crippen LogP contribution is -2.00. The maximum atomic E-state index is 6.33. The molecule has 3 aromatic heterocycles. The van der Waals surface area contributed by atoms with Crippen LogP contribution in [-0.2, 0) is 0 Å². The Morgan fingerprint density at radius 2 is 0.768 bits per heavy atom. The van der Waals surface area contributed by atoms with Gasteiger partial charge in [-0.2, -0.15) is 0 Å². The van der Waals surface area contributed by atoms with Gasteiger partial charge in [-0.05, 0) is 81.9 Å². The number of hydrogen-bond acceptors (Lipinski definition) is 5. The highest BCUT2D eigenvalue weighted by Gasteiger charge is 2.17. The van der Waals surface area contributed by atoms with Crippen molar-refractivity contribution in [3.05, 3.63) is 188 Å². The molecule has 0 radical (unpaired) electrons. The number of nitrogens with zero attached hydrogens (tertiary/aromatic N) is 3. The van der Waals surface area contributed by atoms with Crippen molar-refractivity contribution in [3.8, 4) is 67.5 Å². The zero-order chi connectivity index (χ0) is 37.0. The molecule has 0 bridgehead atoms. The monoisotopic (exact) mass is 733 g/mol. The number of rotatable bonds is 6. The molecule has 0 unspecified atom stereocenters. The highest BCUT2D eigenvalue weighted by atomic mass is 32.1. The average molecular weight is 734 g/mol. The summed E-state index contributed by atoms with van der Waals surface area (Å²) in [4.78, 5) is 15.6. The summed E-state index contributed by atoms with van der Waals surface area (Å²) >= 11 is 1.79. The van der Waals surface area contributed by atoms with Crippen LogP contribution in [0.2, 0.25) is 0 Å². The third-order valence-electron chi connectivity index (χ3n) is 10.5. The van der Waals surface area contributed by atoms with E-state index in [2.05, 4.69) is 164 Å². The zero-order valence-corrected chi connectivity index (χ0v) is 30.9. The smallest absolute Gasteiger partial charge is 0.164 e. The number of benzene rings is 8. The fourth-order valence-electron chi connectivity index (χ4n) is 7.70. The Kier molecular flexibility index (Phi) is 7.64. The van der Waals surface area contributed by atoms with E-state index in [1.807, 2.05) is 24.3 Å². The van der Waals surface area contributed by atoms with Crippen molar-refractivity contribution in [1.82, 2.24) is 15.0 Å². The number of fused-ring (bicyclic) bond motifs is 6. The van der Waals surface area contributed by atoms with Crippen molar-refractivity contribution in [2.75, 3.05) is 0 Å². The minimum atomic E-state index is 0.609. The van der Waals surface area contributed by atoms with Crippen LogP contribution in [0.4, 0.5) is 0 Å². The van der Waals surface area contributed by atoms with Crippen LogP contribution < -0.4 is 0 Å². The predicted octanol–water partition coefficient (Wildman–Crippen LogP) is 14.1. The van der Waals surface area contributed by atoms with Gasteiger partial charge in [0.2, 0.25) is 0 Å². The zero-order valence-electron chi connectivity index (χ0n) is 30.1. The van der Waals surface area contributed by atoms with E-state index >= 15 is 0 Å². The Morgan fingerprint density at radius 3 is 1.54 bits per heavy atom. The fourth-order valence-corrected chi connectivity index (χ4v) is 8.84. The molecule has 0 aliphatic heterocycles. The Balaban J connectivity index is 1.10. The van der Waals surface area contributed by atoms with Crippen molar-refractivity contribution in [2.24, 2.45) is 0 Å². The Hall–Kier alpha value is -7.21. The van der Waals surface area contributed by atoms with Crippen LogP contribution in [0.15, 0.2) is 192 Å². The number of para-hydroxylation sites is 1. The molecule has 0 aliphatic carbocycles. The van der Waals surface area contributed by atoms with Crippen LogP contribution in [-0.4, -0.2) is 15.0 Å². The van der Waals surface area contributed by atoms with Crippen LogP contribution in [0, 0.1) is 0 Å². The summed E-state index contributed by atoms with van der Waals surface area (Å²) < 4.78 is 8.80. The summed E-state index contributed by atoms with van der Waals surface area (Å²) in [7, 11) is 0. The molecule has 0 spiro atoms. The normalized spacial score (nSPS) is 11.6. The number of furan rings is 1. The van der Waals surface area contributed by atoms with E-state index in [0.717, 1.165) is 66.4 Å². The van der Waals surface area contributed by atoms with Crippen LogP contribution >= 0.6 is 11.3 Å². The topological polar surface area (TPSA) is 51.8 Å². The van der Waals surface area contributed by atoms with Gasteiger partial charge in [0.1, 0.15) is 11.2 Å². The summed E-state index contributed by atoms with van der Waals surface area (Å²) in [5.41, 5.74) is 11.1. The first-order valence-corrected chi connectivity index (χ1v) is 19.5. The molecule has 0 fully saturated rings. The van der Waals surface area contributed by atoms with Crippen LogP contribution in [0.25, 0.3) is 110 Å². The number of aromatic nitrogens is 3. The highest BCUT2D eigenvalue weighted by Crippen LogP contribution is 2.39. The average Bonchev–Trinajstić information content (AvgIpc) is 3.84. The van der Waals surface area contributed by atoms with Gasteiger partial charge in [0, 0.05) is 47.6 Å². The summed E-state index contributed by atoms with van der Waals surface area (Å²) in [6.07, 6.45) is 0. The maximum absolute atomic E-state index is 6.33. The van der Waals surface area contributed by atoms with Crippen molar-refractivity contribution in [3.63, 3.8) is 0 Å². The maximum Gasteiger partial charge on any atom is 0.164 e. The summed E-state index contributed by atoms with van der Waals surface area (Å²) in [6.45, 7) is 0. The van der Waals surface area contributed by atoms with E-state index < -0.39 is 0 Å². The number of thiophene rings is 1. The molecule has 56 heavy (non-hydrogen) atoms. The summed E-state index contributed by atoms with van der Waals surface area (Å²) in [5.74, 6) is 1.86. The second kappa shape index (κ2) is 13.3. The molecule has 0 saturated carbocycles. The quantitative estimate of drug-likeness (QED) is 0.171. The lowest BCUT2D eigenvalue weighted by Gasteiger charge is -2.13. The lowest BCUT2D eigenvalue weighted by molar-refractivity contribution is 0.669. The molecule has 262 valence electrons. The van der Waals surface area contributed by atoms with E-state index in [0.29, 0.717) is 17.5 Å². The summed E-state index contributed by atoms with van der Waals surface area (Å²) in [5, 5.41) is 4.72. The van der Waals surface area contributed by atoms with Gasteiger partial charge in [-0.25, -0.2) is 15.0 Å². The van der Waals surface area contributed by atoms with E-state index in [9.17, 15) is 0 Å². The van der Waals surface area contributed by atoms with Gasteiger partial charge in [0.15, 0.2) is 17.5 Å². The van der Waals surface area contributed by atoms with E-state index in [4.69, 9.17) is 19.4 Å². The van der Waals surface area contributed by atoms with Crippen molar-refractivity contribution in [1.29, 1.82) is 0 Å². The third-order valence-corrected chi connectivity index (χ3v) is 11.7. The van der Waals surface area contributed by atoms with Gasteiger partial charge >= 0.3 is 0 Å². The molecule has 0 atom stereocenters. The molecular formula is C51H31N3OS. The third kappa shape index (κ3) is 5.74. The SMILES string of the molecule is c1ccc(-c2ccc(-c3nc(-c4cc(-c5ccccc5)cc(-c5ccc6c(c5)oc5ccccc56)c4)nc(-c4ccc5c(c4)sc4ccccc45)n3)cc2)cc1. The molecule has 8 aromatic carbocycles. The molecule has 0 amide bonds. The first kappa shape index (κ1) is 32.2. The molecule has 0 aliphatic rings. The molecule has 0 saturated heterocycles. The van der Waals surface area contributed by atoms with E-state index in [-0.39, 0.29) is 0 Å². The minimum absolute atomic E-state index is 0.609. The number of hydrogen-bond donors (Lipinski definition) is 0. The van der Waals surface area contributed by atoms with Crippen molar-refractivity contribution < 1.29 is 4.42 Å². The van der Waals surface area contributed by atoms with Crippen LogP contribution in [0.5, 0.6) is 0 Å². The van der Waals surface area contributed by atoms with Crippen molar-refractivity contribution in [2.45, 2.75) is 0 Å². The Morgan fingerprint density at radius 1 is 0.286 bits per heavy atom. The van der Waals surface area contributed by atoms with Gasteiger partial charge in [0.25, 0.3) is 0 Å². The first-order valence-electron chi connectivity index (χ1n) is 18.7. The molecule has 4 nitrogen and oxygen atoms in total. The first-order chi connectivity index (χ1) is 27.7. The fraction of sp³-hybridized carbons (Fsp3) is 0. The van der Waals surface area contributed by atoms with Gasteiger partial charge < -0.3 is 4.42 Å². The molecular weight excluding hydrogens is 703 g/mol. The van der Waals surface area contributed by atoms with E-state index in [1.54, 1.807) is 11.3 Å². The molecule has 0 N–H and O–H groups in total. The molecule has 3 heterocycles. The molecule has 11 rings (SSSR count). The van der Waals surface area contributed by atoms with Gasteiger partial charge in [-0.15, -0.1) is 11.3 Å². The lowest BCUT2D eigenvalue weighted by atomic mass is 9.95. The largest absolute Gasteiger partial charge is 0.456 e. The van der Waals surface area contributed by atoms with Gasteiger partial charge in [-0.3, -0.25) is 0 Å². The Labute approximate surface area is 327 Å². The van der Waals surface area contributed by atoms with Crippen LogP contribution in [0.1, 0.15) is 0 Å². The summed E-state index contributed by atoms with van der Waals surface area (Å²) in [6, 6.07) is 65.8. The molecule has 11 aromatic rings. The molecule has 5 heteroatoms. The van der Waals surface area contributed by atoms with Crippen molar-refractivity contribution >= 4 is 53.4 Å². The van der Waals surface area contributed by atoms with Crippen LogP contribution in [0.3, 0.4) is 0 Å². The predicted molar refractivity (Wildman–Crippen MR) is 233 cm³/mol. The highest BCUT2D eigenvalue weighted by molar-refractivity contribution is 7.25. The standard InChI is InChI=1S/C51H31N3OS/c1-3-11-32(12-4-1)34-19-21-35(22-20-34)49-52-50(37-24-26-44-43-16-8-10-18-47(43)56-48(44)31-37)54-51(53-49)40-28-38(33-13-5-2-6-14-33)27-39(29-40)36-23-25-42-41-15-7-9-17-45(41)55-46(42)30-36/h1-31H.